The zero-order chi connectivity index (χ0) is 21.1. The van der Waals surface area contributed by atoms with Crippen LogP contribution in [0, 0.1) is 0 Å². The van der Waals surface area contributed by atoms with Crippen molar-refractivity contribution in [2.24, 2.45) is 5.73 Å². The quantitative estimate of drug-likeness (QED) is 0.351. The second kappa shape index (κ2) is 8.39. The average Bonchev–Trinajstić information content (AvgIpc) is 2.93. The van der Waals surface area contributed by atoms with Gasteiger partial charge in [-0.1, -0.05) is 6.07 Å². The fourth-order valence-corrected chi connectivity index (χ4v) is 3.50. The summed E-state index contributed by atoms with van der Waals surface area (Å²) in [6.07, 6.45) is 1.72. The van der Waals surface area contributed by atoms with Crippen LogP contribution in [-0.4, -0.2) is 58.2 Å². The number of carbonyl (C=O) groups excluding carboxylic acids is 4. The van der Waals surface area contributed by atoms with E-state index in [2.05, 4.69) is 10.6 Å². The molecule has 2 atom stereocenters. The monoisotopic (exact) mass is 402 g/mol. The van der Waals surface area contributed by atoms with E-state index in [1.807, 2.05) is 0 Å². The van der Waals surface area contributed by atoms with Gasteiger partial charge in [-0.2, -0.15) is 0 Å². The Morgan fingerprint density at radius 1 is 1.24 bits per heavy atom. The van der Waals surface area contributed by atoms with E-state index in [0.717, 1.165) is 4.90 Å². The summed E-state index contributed by atoms with van der Waals surface area (Å²) in [5.41, 5.74) is 6.34. The number of nitrogens with one attached hydrogen (secondary N) is 2. The Labute approximate surface area is 166 Å². The molecule has 5 N–H and O–H groups in total. The smallest absolute Gasteiger partial charge is 0.320 e. The van der Waals surface area contributed by atoms with Gasteiger partial charge in [0.15, 0.2) is 0 Å². The number of unbranched alkanes of at least 4 members (excludes halogenated alkanes) is 1. The molecule has 0 spiro atoms. The van der Waals surface area contributed by atoms with Gasteiger partial charge in [-0.05, 0) is 37.8 Å². The number of aliphatic carboxylic acids is 1. The molecule has 29 heavy (non-hydrogen) atoms. The number of rotatable bonds is 8. The predicted octanol–water partition coefficient (Wildman–Crippen LogP) is 0.0819. The Morgan fingerprint density at radius 3 is 2.69 bits per heavy atom. The van der Waals surface area contributed by atoms with Gasteiger partial charge in [-0.15, -0.1) is 0 Å². The zero-order valence-corrected chi connectivity index (χ0v) is 15.6. The summed E-state index contributed by atoms with van der Waals surface area (Å²) in [5.74, 6) is -3.25. The molecular formula is C19H22N4O6. The minimum absolute atomic E-state index is 0.0629. The lowest BCUT2D eigenvalue weighted by Gasteiger charge is -2.27. The molecule has 0 aliphatic carbocycles. The van der Waals surface area contributed by atoms with E-state index < -0.39 is 41.7 Å². The Balaban J connectivity index is 1.68. The van der Waals surface area contributed by atoms with E-state index in [-0.39, 0.29) is 24.0 Å². The second-order valence-corrected chi connectivity index (χ2v) is 7.04. The van der Waals surface area contributed by atoms with Crippen LogP contribution in [0.5, 0.6) is 0 Å². The maximum Gasteiger partial charge on any atom is 0.320 e. The number of hydrogen-bond acceptors (Lipinski definition) is 7. The van der Waals surface area contributed by atoms with Crippen molar-refractivity contribution in [2.45, 2.75) is 44.2 Å². The number of amides is 4. The third-order valence-corrected chi connectivity index (χ3v) is 5.04. The van der Waals surface area contributed by atoms with Gasteiger partial charge in [0, 0.05) is 18.7 Å². The summed E-state index contributed by atoms with van der Waals surface area (Å²) in [5, 5.41) is 14.0. The number of carbonyl (C=O) groups is 5. The molecule has 1 aromatic rings. The first-order chi connectivity index (χ1) is 13.8. The highest BCUT2D eigenvalue weighted by molar-refractivity contribution is 6.25. The van der Waals surface area contributed by atoms with Crippen molar-refractivity contribution in [3.63, 3.8) is 0 Å². The maximum absolute atomic E-state index is 12.9. The first-order valence-electron chi connectivity index (χ1n) is 9.38. The van der Waals surface area contributed by atoms with Gasteiger partial charge in [0.05, 0.1) is 11.1 Å². The standard InChI is InChI=1S/C19H22N4O6/c20-11(19(28)29)5-1-2-9-21-12-6-3-4-10-15(12)18(27)23(17(10)26)13-7-8-14(24)22-16(13)25/h3-4,6,11,13,21H,1-2,5,7-9,20H2,(H,28,29)(H,22,24,25). The summed E-state index contributed by atoms with van der Waals surface area (Å²) in [6, 6.07) is 2.92. The van der Waals surface area contributed by atoms with E-state index in [1.54, 1.807) is 12.1 Å². The highest BCUT2D eigenvalue weighted by Crippen LogP contribution is 2.32. The fourth-order valence-electron chi connectivity index (χ4n) is 3.50. The highest BCUT2D eigenvalue weighted by atomic mass is 16.4. The fraction of sp³-hybridized carbons (Fsp3) is 0.421. The summed E-state index contributed by atoms with van der Waals surface area (Å²) in [6.45, 7) is 0.461. The molecule has 154 valence electrons. The van der Waals surface area contributed by atoms with Crippen LogP contribution in [0.3, 0.4) is 0 Å². The van der Waals surface area contributed by atoms with Crippen LogP contribution >= 0.6 is 0 Å². The largest absolute Gasteiger partial charge is 0.480 e. The molecule has 2 aliphatic rings. The number of nitrogens with two attached hydrogens (primary N) is 1. The molecule has 0 radical (unpaired) electrons. The number of imide groups is 2. The Bertz CT molecular complexity index is 883. The van der Waals surface area contributed by atoms with Crippen molar-refractivity contribution >= 4 is 35.3 Å². The van der Waals surface area contributed by atoms with Gasteiger partial charge in [0.2, 0.25) is 11.8 Å². The summed E-state index contributed by atoms with van der Waals surface area (Å²) in [7, 11) is 0. The molecule has 2 heterocycles. The van der Waals surface area contributed by atoms with Crippen molar-refractivity contribution in [1.82, 2.24) is 10.2 Å². The lowest BCUT2D eigenvalue weighted by atomic mass is 10.0. The zero-order valence-electron chi connectivity index (χ0n) is 15.6. The number of anilines is 1. The summed E-state index contributed by atoms with van der Waals surface area (Å²) >= 11 is 0. The Hall–Kier alpha value is -3.27. The lowest BCUT2D eigenvalue weighted by Crippen LogP contribution is -2.54. The number of nitrogens with zero attached hydrogens (tertiary/aromatic N) is 1. The van der Waals surface area contributed by atoms with Crippen molar-refractivity contribution < 1.29 is 29.1 Å². The second-order valence-electron chi connectivity index (χ2n) is 7.04. The van der Waals surface area contributed by atoms with E-state index in [4.69, 9.17) is 10.8 Å². The number of carboxylic acids is 1. The SMILES string of the molecule is NC(CCCCNc1cccc2c1C(=O)N(C1CCC(=O)NC1=O)C2=O)C(=O)O. The maximum atomic E-state index is 12.9. The van der Waals surface area contributed by atoms with Crippen LogP contribution < -0.4 is 16.4 Å². The van der Waals surface area contributed by atoms with Crippen LogP contribution in [0.2, 0.25) is 0 Å². The minimum atomic E-state index is -1.04. The number of carboxylic acid groups (broad SMARTS) is 1. The van der Waals surface area contributed by atoms with E-state index >= 15 is 0 Å². The highest BCUT2D eigenvalue weighted by Gasteiger charge is 2.45. The van der Waals surface area contributed by atoms with Crippen molar-refractivity contribution in [1.29, 1.82) is 0 Å². The predicted molar refractivity (Wildman–Crippen MR) is 101 cm³/mol. The first kappa shape index (κ1) is 20.5. The van der Waals surface area contributed by atoms with Crippen LogP contribution in [0.4, 0.5) is 5.69 Å². The van der Waals surface area contributed by atoms with Gasteiger partial charge in [0.25, 0.3) is 11.8 Å². The molecule has 0 bridgehead atoms. The van der Waals surface area contributed by atoms with Crippen molar-refractivity contribution in [3.8, 4) is 0 Å². The summed E-state index contributed by atoms with van der Waals surface area (Å²) < 4.78 is 0. The van der Waals surface area contributed by atoms with Crippen LogP contribution in [0.25, 0.3) is 0 Å². The number of fused-ring (bicyclic) bond motifs is 1. The topological polar surface area (TPSA) is 159 Å². The minimum Gasteiger partial charge on any atom is -0.480 e. The van der Waals surface area contributed by atoms with Gasteiger partial charge < -0.3 is 16.2 Å². The average molecular weight is 402 g/mol. The van der Waals surface area contributed by atoms with E-state index in [9.17, 15) is 24.0 Å². The molecule has 10 nitrogen and oxygen atoms in total. The van der Waals surface area contributed by atoms with Gasteiger partial charge in [-0.3, -0.25) is 34.2 Å². The lowest BCUT2D eigenvalue weighted by molar-refractivity contribution is -0.139. The van der Waals surface area contributed by atoms with Crippen molar-refractivity contribution in [2.75, 3.05) is 11.9 Å². The first-order valence-corrected chi connectivity index (χ1v) is 9.38. The molecule has 1 saturated heterocycles. The summed E-state index contributed by atoms with van der Waals surface area (Å²) in [4.78, 5) is 60.8. The van der Waals surface area contributed by atoms with Crippen LogP contribution in [0.1, 0.15) is 52.8 Å². The molecule has 4 amide bonds. The Kier molecular flexibility index (Phi) is 5.92. The third-order valence-electron chi connectivity index (χ3n) is 5.04. The molecule has 1 fully saturated rings. The molecule has 2 unspecified atom stereocenters. The van der Waals surface area contributed by atoms with E-state index in [0.29, 0.717) is 31.5 Å². The molecular weight excluding hydrogens is 380 g/mol. The number of piperidine rings is 1. The molecule has 0 aromatic heterocycles. The van der Waals surface area contributed by atoms with E-state index in [1.165, 1.54) is 6.07 Å². The number of hydrogen-bond donors (Lipinski definition) is 4. The number of benzene rings is 1. The Morgan fingerprint density at radius 2 is 2.00 bits per heavy atom. The molecule has 3 rings (SSSR count). The molecule has 2 aliphatic heterocycles. The van der Waals surface area contributed by atoms with Gasteiger partial charge in [0.1, 0.15) is 12.1 Å². The molecule has 1 aromatic carbocycles. The third kappa shape index (κ3) is 4.11. The molecule has 10 heteroatoms. The molecule has 0 saturated carbocycles. The van der Waals surface area contributed by atoms with Crippen molar-refractivity contribution in [3.05, 3.63) is 29.3 Å². The van der Waals surface area contributed by atoms with Crippen LogP contribution in [-0.2, 0) is 14.4 Å². The van der Waals surface area contributed by atoms with Gasteiger partial charge >= 0.3 is 5.97 Å². The van der Waals surface area contributed by atoms with Crippen LogP contribution in [0.15, 0.2) is 18.2 Å². The van der Waals surface area contributed by atoms with Gasteiger partial charge in [-0.25, -0.2) is 0 Å². The normalized spacial score (nSPS) is 19.8.